The maximum atomic E-state index is 6.66. The van der Waals surface area contributed by atoms with Gasteiger partial charge < -0.3 is 14.4 Å². The second kappa shape index (κ2) is 11.0. The van der Waals surface area contributed by atoms with Crippen molar-refractivity contribution in [1.29, 1.82) is 0 Å². The summed E-state index contributed by atoms with van der Waals surface area (Å²) in [5, 5.41) is 2.31. The molecule has 3 heterocycles. The first kappa shape index (κ1) is 30.4. The van der Waals surface area contributed by atoms with Crippen molar-refractivity contribution in [2.75, 3.05) is 4.90 Å². The van der Waals surface area contributed by atoms with Gasteiger partial charge in [-0.2, -0.15) is 0 Å². The van der Waals surface area contributed by atoms with Crippen LogP contribution in [0.2, 0.25) is 0 Å². The fourth-order valence-corrected chi connectivity index (χ4v) is 9.46. The zero-order valence-corrected chi connectivity index (χ0v) is 30.4. The summed E-state index contributed by atoms with van der Waals surface area (Å²) in [6, 6.07) is 61.1. The zero-order chi connectivity index (χ0) is 36.4. The third-order valence-corrected chi connectivity index (χ3v) is 12.0. The second-order valence-electron chi connectivity index (χ2n) is 15.3. The number of nitrogens with zero attached hydrogens (tertiary/aromatic N) is 2. The molecule has 0 N–H and O–H groups in total. The molecule has 9 aromatic rings. The van der Waals surface area contributed by atoms with Gasteiger partial charge in [0.1, 0.15) is 5.69 Å². The summed E-state index contributed by atoms with van der Waals surface area (Å²) < 4.78 is 15.4. The lowest BCUT2D eigenvalue weighted by Gasteiger charge is -2.30. The minimum atomic E-state index is -0.116. The maximum Gasteiger partial charge on any atom is 0.155 e. The van der Waals surface area contributed by atoms with E-state index in [1.807, 2.05) is 18.2 Å². The van der Waals surface area contributed by atoms with Crippen molar-refractivity contribution < 1.29 is 9.47 Å². The van der Waals surface area contributed by atoms with Crippen LogP contribution in [0, 0.1) is 0 Å². The lowest BCUT2D eigenvalue weighted by Crippen LogP contribution is -2.16. The van der Waals surface area contributed by atoms with Crippen LogP contribution >= 0.6 is 0 Å². The smallest absolute Gasteiger partial charge is 0.155 e. The molecule has 4 heteroatoms. The Morgan fingerprint density at radius 2 is 1.09 bits per heavy atom. The molecule has 0 bridgehead atoms. The number of hydrogen-bond acceptors (Lipinski definition) is 3. The van der Waals surface area contributed by atoms with Crippen LogP contribution in [0.15, 0.2) is 170 Å². The first-order valence-electron chi connectivity index (χ1n) is 18.9. The summed E-state index contributed by atoms with van der Waals surface area (Å²) >= 11 is 0. The molecule has 0 amide bonds. The largest absolute Gasteiger partial charge is 0.453 e. The van der Waals surface area contributed by atoms with E-state index in [-0.39, 0.29) is 5.41 Å². The van der Waals surface area contributed by atoms with E-state index in [9.17, 15) is 0 Å². The Kier molecular flexibility index (Phi) is 6.09. The molecule has 12 rings (SSSR count). The number of ether oxygens (including phenoxy) is 2. The minimum absolute atomic E-state index is 0.116. The van der Waals surface area contributed by atoms with E-state index in [2.05, 4.69) is 175 Å². The molecular weight excluding hydrogens is 673 g/mol. The van der Waals surface area contributed by atoms with Gasteiger partial charge in [0.05, 0.1) is 22.4 Å². The highest BCUT2D eigenvalue weighted by Crippen LogP contribution is 2.56. The third kappa shape index (κ3) is 4.17. The molecule has 0 unspecified atom stereocenters. The maximum absolute atomic E-state index is 6.66. The second-order valence-corrected chi connectivity index (χ2v) is 15.3. The van der Waals surface area contributed by atoms with Gasteiger partial charge in [0, 0.05) is 33.0 Å². The van der Waals surface area contributed by atoms with Crippen molar-refractivity contribution in [1.82, 2.24) is 4.57 Å². The standard InChI is InChI=1S/C51H34N2O2/c1-51(2)39-18-8-6-16-37(39)47-40(51)19-11-21-42(47)52(41-20-9-7-15-35(41)32-13-4-3-5-14-32)34-27-25-31(26-28-34)33-29-38-36-17-10-22-43-48(36)53-49(38)46(30-33)55-45-24-12-23-44(54-43)50(45)53/h3-30H,1-2H3. The van der Waals surface area contributed by atoms with Gasteiger partial charge in [-0.3, -0.25) is 4.57 Å². The topological polar surface area (TPSA) is 26.6 Å². The van der Waals surface area contributed by atoms with Gasteiger partial charge in [-0.25, -0.2) is 0 Å². The Balaban J connectivity index is 1.05. The predicted octanol–water partition coefficient (Wildman–Crippen LogP) is 14.1. The fourth-order valence-electron chi connectivity index (χ4n) is 9.46. The quantitative estimate of drug-likeness (QED) is 0.178. The molecule has 0 saturated carbocycles. The van der Waals surface area contributed by atoms with Crippen molar-refractivity contribution >= 4 is 38.9 Å². The molecule has 2 aliphatic heterocycles. The van der Waals surface area contributed by atoms with Crippen LogP contribution in [0.25, 0.3) is 60.9 Å². The number of fused-ring (bicyclic) bond motifs is 4. The van der Waals surface area contributed by atoms with E-state index < -0.39 is 0 Å². The van der Waals surface area contributed by atoms with Gasteiger partial charge in [-0.15, -0.1) is 0 Å². The van der Waals surface area contributed by atoms with Crippen molar-refractivity contribution in [2.24, 2.45) is 0 Å². The number of anilines is 3. The summed E-state index contributed by atoms with van der Waals surface area (Å²) in [6.07, 6.45) is 0. The molecule has 1 aromatic heterocycles. The predicted molar refractivity (Wildman–Crippen MR) is 224 cm³/mol. The number of aromatic nitrogens is 1. The lowest BCUT2D eigenvalue weighted by molar-refractivity contribution is 0.444. The Bertz CT molecular complexity index is 3060. The van der Waals surface area contributed by atoms with Crippen molar-refractivity contribution in [2.45, 2.75) is 19.3 Å². The number of rotatable bonds is 5. The van der Waals surface area contributed by atoms with E-state index in [1.54, 1.807) is 0 Å². The Labute approximate surface area is 319 Å². The lowest BCUT2D eigenvalue weighted by atomic mass is 9.82. The number of benzene rings is 8. The third-order valence-electron chi connectivity index (χ3n) is 12.0. The molecule has 3 aliphatic rings. The SMILES string of the molecule is CC1(C)c2ccccc2-c2c(N(c3ccc(-c4cc5c6c(c4)c4cccc7c4n6-c4c(cccc4O5)O7)cc3)c3ccccc3-c3ccccc3)cccc21. The Hall–Kier alpha value is -7.04. The van der Waals surface area contributed by atoms with Crippen LogP contribution in [-0.2, 0) is 5.41 Å². The van der Waals surface area contributed by atoms with E-state index in [4.69, 9.17) is 9.47 Å². The Morgan fingerprint density at radius 3 is 1.93 bits per heavy atom. The summed E-state index contributed by atoms with van der Waals surface area (Å²) in [4.78, 5) is 2.46. The summed E-state index contributed by atoms with van der Waals surface area (Å²) in [5.41, 5.74) is 16.3. The number of para-hydroxylation sites is 3. The van der Waals surface area contributed by atoms with Crippen LogP contribution in [0.1, 0.15) is 25.0 Å². The molecule has 4 nitrogen and oxygen atoms in total. The number of hydrogen-bond donors (Lipinski definition) is 0. The van der Waals surface area contributed by atoms with E-state index in [1.165, 1.54) is 39.1 Å². The summed E-state index contributed by atoms with van der Waals surface area (Å²) in [6.45, 7) is 4.69. The highest BCUT2D eigenvalue weighted by molar-refractivity contribution is 6.16. The van der Waals surface area contributed by atoms with Crippen molar-refractivity contribution in [3.63, 3.8) is 0 Å². The Morgan fingerprint density at radius 1 is 0.455 bits per heavy atom. The van der Waals surface area contributed by atoms with Crippen LogP contribution in [-0.4, -0.2) is 4.57 Å². The molecular formula is C51H34N2O2. The zero-order valence-electron chi connectivity index (χ0n) is 30.4. The van der Waals surface area contributed by atoms with Gasteiger partial charge in [-0.05, 0) is 88.0 Å². The molecule has 0 atom stereocenters. The molecule has 0 fully saturated rings. The highest BCUT2D eigenvalue weighted by Gasteiger charge is 2.38. The average Bonchev–Trinajstić information content (AvgIpc) is 3.69. The molecule has 0 saturated heterocycles. The summed E-state index contributed by atoms with van der Waals surface area (Å²) in [5.74, 6) is 3.34. The van der Waals surface area contributed by atoms with Gasteiger partial charge in [0.2, 0.25) is 0 Å². The monoisotopic (exact) mass is 706 g/mol. The van der Waals surface area contributed by atoms with Crippen LogP contribution in [0.5, 0.6) is 23.0 Å². The van der Waals surface area contributed by atoms with E-state index in [0.29, 0.717) is 0 Å². The van der Waals surface area contributed by atoms with Crippen molar-refractivity contribution in [3.8, 4) is 62.1 Å². The van der Waals surface area contributed by atoms with Crippen LogP contribution < -0.4 is 14.4 Å². The van der Waals surface area contributed by atoms with Gasteiger partial charge in [-0.1, -0.05) is 129 Å². The average molecular weight is 707 g/mol. The van der Waals surface area contributed by atoms with Gasteiger partial charge in [0.15, 0.2) is 23.0 Å². The molecule has 0 radical (unpaired) electrons. The molecule has 260 valence electrons. The van der Waals surface area contributed by atoms with Gasteiger partial charge >= 0.3 is 0 Å². The molecule has 0 spiro atoms. The first-order chi connectivity index (χ1) is 27.0. The van der Waals surface area contributed by atoms with Crippen LogP contribution in [0.3, 0.4) is 0 Å². The minimum Gasteiger partial charge on any atom is -0.453 e. The van der Waals surface area contributed by atoms with E-state index >= 15 is 0 Å². The molecule has 8 aromatic carbocycles. The fraction of sp³-hybridized carbons (Fsp3) is 0.0588. The van der Waals surface area contributed by atoms with Crippen molar-refractivity contribution in [3.05, 3.63) is 181 Å². The van der Waals surface area contributed by atoms with Gasteiger partial charge in [0.25, 0.3) is 0 Å². The first-order valence-corrected chi connectivity index (χ1v) is 18.9. The van der Waals surface area contributed by atoms with Crippen LogP contribution in [0.4, 0.5) is 17.1 Å². The molecule has 55 heavy (non-hydrogen) atoms. The van der Waals surface area contributed by atoms with E-state index in [0.717, 1.165) is 73.0 Å². The summed E-state index contributed by atoms with van der Waals surface area (Å²) in [7, 11) is 0. The highest BCUT2D eigenvalue weighted by atomic mass is 16.5. The normalized spacial score (nSPS) is 13.7. The molecule has 1 aliphatic carbocycles.